The highest BCUT2D eigenvalue weighted by Crippen LogP contribution is 2.38. The second kappa shape index (κ2) is 9.43. The molecule has 1 aromatic carbocycles. The number of carbonyl (C=O) groups excluding carboxylic acids is 1. The number of thiocarbonyl (C=S) groups is 1. The van der Waals surface area contributed by atoms with Gasteiger partial charge in [0.15, 0.2) is 0 Å². The third-order valence-corrected chi connectivity index (χ3v) is 7.15. The minimum atomic E-state index is -0.00481. The van der Waals surface area contributed by atoms with Gasteiger partial charge in [0, 0.05) is 18.2 Å². The molecule has 2 aliphatic rings. The third kappa shape index (κ3) is 4.87. The first-order valence-electron chi connectivity index (χ1n) is 9.20. The maximum absolute atomic E-state index is 12.9. The fourth-order valence-corrected chi connectivity index (χ4v) is 5.44. The van der Waals surface area contributed by atoms with E-state index < -0.39 is 0 Å². The molecule has 1 saturated carbocycles. The maximum Gasteiger partial charge on any atom is 0.266 e. The van der Waals surface area contributed by atoms with Crippen molar-refractivity contribution < 1.29 is 14.3 Å². The number of ether oxygens (including phenoxy) is 2. The Morgan fingerprint density at radius 1 is 1.22 bits per heavy atom. The zero-order chi connectivity index (χ0) is 19.4. The number of hydrogen-bond donors (Lipinski definition) is 0. The van der Waals surface area contributed by atoms with Crippen LogP contribution in [0.1, 0.15) is 44.1 Å². The minimum absolute atomic E-state index is 0.00481. The Morgan fingerprint density at radius 3 is 2.59 bits per heavy atom. The lowest BCUT2D eigenvalue weighted by atomic mass is 9.87. The van der Waals surface area contributed by atoms with E-state index in [-0.39, 0.29) is 5.91 Å². The van der Waals surface area contributed by atoms with Gasteiger partial charge < -0.3 is 9.47 Å². The van der Waals surface area contributed by atoms with E-state index >= 15 is 0 Å². The molecule has 0 bridgehead atoms. The normalized spacial score (nSPS) is 19.8. The number of rotatable bonds is 6. The summed E-state index contributed by atoms with van der Waals surface area (Å²) >= 11 is 10.3. The SMILES string of the molecule is COc1cc(OC)c(C=C2SC(=S)N(CCC3CCCCC3)C2=O)cc1Br. The molecule has 1 aliphatic heterocycles. The van der Waals surface area contributed by atoms with E-state index in [1.54, 1.807) is 25.2 Å². The molecule has 0 unspecified atom stereocenters. The monoisotopic (exact) mass is 469 g/mol. The molecule has 1 aliphatic carbocycles. The van der Waals surface area contributed by atoms with E-state index in [9.17, 15) is 4.79 Å². The molecule has 0 radical (unpaired) electrons. The zero-order valence-electron chi connectivity index (χ0n) is 15.6. The van der Waals surface area contributed by atoms with Crippen molar-refractivity contribution in [3.05, 3.63) is 27.1 Å². The average Bonchev–Trinajstić information content (AvgIpc) is 2.94. The van der Waals surface area contributed by atoms with Crippen molar-refractivity contribution in [1.82, 2.24) is 4.90 Å². The van der Waals surface area contributed by atoms with Gasteiger partial charge in [0.05, 0.1) is 23.6 Å². The molecule has 0 N–H and O–H groups in total. The van der Waals surface area contributed by atoms with Gasteiger partial charge in [0.25, 0.3) is 5.91 Å². The summed E-state index contributed by atoms with van der Waals surface area (Å²) in [4.78, 5) is 15.3. The van der Waals surface area contributed by atoms with Crippen LogP contribution in [0.4, 0.5) is 0 Å². The van der Waals surface area contributed by atoms with Crippen molar-refractivity contribution >= 4 is 56.2 Å². The molecule has 1 aromatic rings. The van der Waals surface area contributed by atoms with E-state index in [0.29, 0.717) is 20.7 Å². The molecule has 4 nitrogen and oxygen atoms in total. The van der Waals surface area contributed by atoms with Crippen molar-refractivity contribution in [2.45, 2.75) is 38.5 Å². The van der Waals surface area contributed by atoms with E-state index in [4.69, 9.17) is 21.7 Å². The molecule has 1 saturated heterocycles. The first-order chi connectivity index (χ1) is 13.0. The van der Waals surface area contributed by atoms with Crippen molar-refractivity contribution in [2.24, 2.45) is 5.92 Å². The Hall–Kier alpha value is -1.05. The van der Waals surface area contributed by atoms with E-state index in [0.717, 1.165) is 28.9 Å². The summed E-state index contributed by atoms with van der Waals surface area (Å²) in [6.45, 7) is 0.718. The maximum atomic E-state index is 12.9. The molecule has 3 rings (SSSR count). The first kappa shape index (κ1) is 20.7. The molecule has 27 heavy (non-hydrogen) atoms. The summed E-state index contributed by atoms with van der Waals surface area (Å²) in [6.07, 6.45) is 9.42. The summed E-state index contributed by atoms with van der Waals surface area (Å²) < 4.78 is 12.2. The third-order valence-electron chi connectivity index (χ3n) is 5.15. The van der Waals surface area contributed by atoms with E-state index in [2.05, 4.69) is 15.9 Å². The topological polar surface area (TPSA) is 38.8 Å². The van der Waals surface area contributed by atoms with Crippen LogP contribution in [0.3, 0.4) is 0 Å². The van der Waals surface area contributed by atoms with Crippen LogP contribution in [-0.4, -0.2) is 35.9 Å². The molecule has 0 spiro atoms. The Morgan fingerprint density at radius 2 is 1.93 bits per heavy atom. The van der Waals surface area contributed by atoms with Crippen LogP contribution in [0.15, 0.2) is 21.5 Å². The molecule has 7 heteroatoms. The van der Waals surface area contributed by atoms with Crippen molar-refractivity contribution in [3.8, 4) is 11.5 Å². The Balaban J connectivity index is 1.75. The van der Waals surface area contributed by atoms with Gasteiger partial charge in [-0.15, -0.1) is 0 Å². The quantitative estimate of drug-likeness (QED) is 0.398. The van der Waals surface area contributed by atoms with Gasteiger partial charge in [-0.2, -0.15) is 0 Å². The second-order valence-corrected chi connectivity index (χ2v) is 9.38. The number of thioether (sulfide) groups is 1. The smallest absolute Gasteiger partial charge is 0.266 e. The lowest BCUT2D eigenvalue weighted by molar-refractivity contribution is -0.122. The van der Waals surface area contributed by atoms with Gasteiger partial charge in [0.2, 0.25) is 0 Å². The molecule has 0 aromatic heterocycles. The lowest BCUT2D eigenvalue weighted by Crippen LogP contribution is -2.30. The molecule has 1 heterocycles. The van der Waals surface area contributed by atoms with Gasteiger partial charge in [0.1, 0.15) is 15.8 Å². The van der Waals surface area contributed by atoms with Crippen LogP contribution in [0, 0.1) is 5.92 Å². The van der Waals surface area contributed by atoms with Crippen LogP contribution in [0.2, 0.25) is 0 Å². The summed E-state index contributed by atoms with van der Waals surface area (Å²) in [5.41, 5.74) is 0.818. The number of methoxy groups -OCH3 is 2. The molecular weight excluding hydrogens is 446 g/mol. The lowest BCUT2D eigenvalue weighted by Gasteiger charge is -2.23. The summed E-state index contributed by atoms with van der Waals surface area (Å²) in [5.74, 6) is 2.06. The number of benzene rings is 1. The molecule has 1 amide bonds. The van der Waals surface area contributed by atoms with Gasteiger partial charge in [-0.05, 0) is 40.4 Å². The van der Waals surface area contributed by atoms with Crippen LogP contribution in [0.5, 0.6) is 11.5 Å². The van der Waals surface area contributed by atoms with Gasteiger partial charge in [-0.1, -0.05) is 56.1 Å². The number of nitrogens with zero attached hydrogens (tertiary/aromatic N) is 1. The zero-order valence-corrected chi connectivity index (χ0v) is 18.8. The highest BCUT2D eigenvalue weighted by Gasteiger charge is 2.32. The first-order valence-corrected chi connectivity index (χ1v) is 11.2. The van der Waals surface area contributed by atoms with Gasteiger partial charge in [-0.25, -0.2) is 0 Å². The number of hydrogen-bond acceptors (Lipinski definition) is 5. The predicted octanol–water partition coefficient (Wildman–Crippen LogP) is 5.64. The van der Waals surface area contributed by atoms with Crippen molar-refractivity contribution in [2.75, 3.05) is 20.8 Å². The molecule has 2 fully saturated rings. The molecule has 0 atom stereocenters. The largest absolute Gasteiger partial charge is 0.496 e. The minimum Gasteiger partial charge on any atom is -0.496 e. The van der Waals surface area contributed by atoms with Gasteiger partial charge >= 0.3 is 0 Å². The average molecular weight is 470 g/mol. The van der Waals surface area contributed by atoms with E-state index in [1.165, 1.54) is 43.9 Å². The standard InChI is InChI=1S/C20H24BrNO3S2/c1-24-16-12-17(25-2)15(21)10-14(16)11-18-19(23)22(20(26)27-18)9-8-13-6-4-3-5-7-13/h10-13H,3-9H2,1-2H3. The number of carbonyl (C=O) groups is 1. The van der Waals surface area contributed by atoms with Crippen LogP contribution >= 0.6 is 39.9 Å². The van der Waals surface area contributed by atoms with E-state index in [1.807, 2.05) is 12.1 Å². The number of halogens is 1. The fourth-order valence-electron chi connectivity index (χ4n) is 3.62. The summed E-state index contributed by atoms with van der Waals surface area (Å²) in [5, 5.41) is 0. The van der Waals surface area contributed by atoms with Crippen LogP contribution < -0.4 is 9.47 Å². The van der Waals surface area contributed by atoms with Gasteiger partial charge in [-0.3, -0.25) is 9.69 Å². The van der Waals surface area contributed by atoms with Crippen molar-refractivity contribution in [3.63, 3.8) is 0 Å². The number of amides is 1. The summed E-state index contributed by atoms with van der Waals surface area (Å²) in [7, 11) is 3.21. The van der Waals surface area contributed by atoms with Crippen molar-refractivity contribution in [1.29, 1.82) is 0 Å². The van der Waals surface area contributed by atoms with Crippen LogP contribution in [0.25, 0.3) is 6.08 Å². The summed E-state index contributed by atoms with van der Waals surface area (Å²) in [6, 6.07) is 3.70. The Labute approximate surface area is 178 Å². The fraction of sp³-hybridized carbons (Fsp3) is 0.500. The van der Waals surface area contributed by atoms with Crippen LogP contribution in [-0.2, 0) is 4.79 Å². The Kier molecular flexibility index (Phi) is 7.22. The highest BCUT2D eigenvalue weighted by molar-refractivity contribution is 9.10. The molecular formula is C20H24BrNO3S2. The predicted molar refractivity (Wildman–Crippen MR) is 118 cm³/mol. The molecule has 146 valence electrons. The second-order valence-electron chi connectivity index (χ2n) is 6.85. The highest BCUT2D eigenvalue weighted by atomic mass is 79.9. The Bertz CT molecular complexity index is 760.